The average molecular weight is 384 g/mol. The van der Waals surface area contributed by atoms with Gasteiger partial charge in [-0.15, -0.1) is 0 Å². The van der Waals surface area contributed by atoms with Crippen LogP contribution in [0.1, 0.15) is 31.1 Å². The summed E-state index contributed by atoms with van der Waals surface area (Å²) in [6.07, 6.45) is 0. The molecular weight excluding hydrogens is 372 g/mol. The third-order valence-corrected chi connectivity index (χ3v) is 4.87. The standard InChI is InChI=1S/C22H12N2O5/c25-19-15-7-3-4-8-17(15)23-18-10-9-12(11-16(18)19)22(28)29-24-20(26)13-5-1-2-6-14(13)21(24)27/h1-11H,(H,23,25). The lowest BCUT2D eigenvalue weighted by Crippen LogP contribution is -2.32. The zero-order valence-corrected chi connectivity index (χ0v) is 14.8. The minimum atomic E-state index is -0.908. The summed E-state index contributed by atoms with van der Waals surface area (Å²) in [7, 11) is 0. The summed E-state index contributed by atoms with van der Waals surface area (Å²) in [5.74, 6) is -2.32. The van der Waals surface area contributed by atoms with Gasteiger partial charge in [-0.25, -0.2) is 4.79 Å². The van der Waals surface area contributed by atoms with E-state index in [0.29, 0.717) is 26.9 Å². The Hall–Kier alpha value is -4.26. The van der Waals surface area contributed by atoms with Crippen LogP contribution < -0.4 is 5.43 Å². The summed E-state index contributed by atoms with van der Waals surface area (Å²) in [4.78, 5) is 58.3. The Balaban J connectivity index is 1.51. The number of pyridine rings is 1. The maximum atomic E-state index is 12.8. The van der Waals surface area contributed by atoms with Crippen LogP contribution in [0.25, 0.3) is 21.8 Å². The molecule has 0 atom stereocenters. The van der Waals surface area contributed by atoms with E-state index < -0.39 is 17.8 Å². The van der Waals surface area contributed by atoms with E-state index in [0.717, 1.165) is 0 Å². The van der Waals surface area contributed by atoms with Crippen molar-refractivity contribution in [3.63, 3.8) is 0 Å². The molecule has 0 saturated heterocycles. The molecule has 1 N–H and O–H groups in total. The normalized spacial score (nSPS) is 13.2. The third kappa shape index (κ3) is 2.52. The second kappa shape index (κ2) is 6.13. The molecule has 0 aliphatic carbocycles. The lowest BCUT2D eigenvalue weighted by molar-refractivity contribution is -0.0584. The second-order valence-corrected chi connectivity index (χ2v) is 6.59. The van der Waals surface area contributed by atoms with Crippen LogP contribution in [0.2, 0.25) is 0 Å². The highest BCUT2D eigenvalue weighted by atomic mass is 16.7. The number of aromatic amines is 1. The molecule has 0 spiro atoms. The Kier molecular flexibility index (Phi) is 3.57. The molecule has 5 rings (SSSR count). The van der Waals surface area contributed by atoms with Gasteiger partial charge in [-0.2, -0.15) is 0 Å². The Morgan fingerprint density at radius 1 is 0.759 bits per heavy atom. The first-order valence-electron chi connectivity index (χ1n) is 8.79. The number of nitrogens with one attached hydrogen (secondary N) is 1. The Labute approximate surface area is 163 Å². The lowest BCUT2D eigenvalue weighted by Gasteiger charge is -2.13. The molecule has 140 valence electrons. The fourth-order valence-electron chi connectivity index (χ4n) is 3.43. The molecule has 2 amide bonds. The van der Waals surface area contributed by atoms with Crippen LogP contribution in [0.5, 0.6) is 0 Å². The van der Waals surface area contributed by atoms with E-state index in [-0.39, 0.29) is 22.1 Å². The molecule has 1 aromatic heterocycles. The van der Waals surface area contributed by atoms with E-state index in [1.165, 1.54) is 24.3 Å². The van der Waals surface area contributed by atoms with Crippen molar-refractivity contribution in [2.45, 2.75) is 0 Å². The first kappa shape index (κ1) is 16.9. The first-order valence-corrected chi connectivity index (χ1v) is 8.79. The largest absolute Gasteiger partial charge is 0.363 e. The van der Waals surface area contributed by atoms with Crippen LogP contribution >= 0.6 is 0 Å². The number of rotatable bonds is 2. The van der Waals surface area contributed by atoms with Gasteiger partial charge in [0.1, 0.15) is 0 Å². The van der Waals surface area contributed by atoms with E-state index in [1.54, 1.807) is 36.4 Å². The summed E-state index contributed by atoms with van der Waals surface area (Å²) in [5, 5.41) is 1.24. The minimum absolute atomic E-state index is 0.0508. The smallest absolute Gasteiger partial charge is 0.354 e. The maximum absolute atomic E-state index is 12.8. The molecule has 2 heterocycles. The van der Waals surface area contributed by atoms with Gasteiger partial charge in [0.15, 0.2) is 5.43 Å². The topological polar surface area (TPSA) is 96.5 Å². The second-order valence-electron chi connectivity index (χ2n) is 6.59. The minimum Gasteiger partial charge on any atom is -0.354 e. The molecule has 4 aromatic rings. The van der Waals surface area contributed by atoms with Gasteiger partial charge in [0.2, 0.25) is 0 Å². The molecule has 1 aliphatic rings. The molecule has 3 aromatic carbocycles. The molecule has 0 unspecified atom stereocenters. The van der Waals surface area contributed by atoms with Crippen LogP contribution in [-0.4, -0.2) is 27.8 Å². The highest BCUT2D eigenvalue weighted by Crippen LogP contribution is 2.24. The summed E-state index contributed by atoms with van der Waals surface area (Å²) >= 11 is 0. The molecule has 0 radical (unpaired) electrons. The SMILES string of the molecule is O=C(ON1C(=O)c2ccccc2C1=O)c1ccc2[nH]c3ccccc3c(=O)c2c1. The number of benzene rings is 3. The van der Waals surface area contributed by atoms with Gasteiger partial charge in [-0.05, 0) is 42.5 Å². The number of carbonyl (C=O) groups excluding carboxylic acids is 3. The van der Waals surface area contributed by atoms with E-state index in [4.69, 9.17) is 4.84 Å². The fourth-order valence-corrected chi connectivity index (χ4v) is 3.43. The van der Waals surface area contributed by atoms with Gasteiger partial charge >= 0.3 is 5.97 Å². The number of nitrogens with zero attached hydrogens (tertiary/aromatic N) is 1. The first-order chi connectivity index (χ1) is 14.0. The van der Waals surface area contributed by atoms with Crippen molar-refractivity contribution < 1.29 is 19.2 Å². The highest BCUT2D eigenvalue weighted by Gasteiger charge is 2.38. The van der Waals surface area contributed by atoms with Crippen molar-refractivity contribution in [3.8, 4) is 0 Å². The van der Waals surface area contributed by atoms with E-state index in [2.05, 4.69) is 4.98 Å². The van der Waals surface area contributed by atoms with Gasteiger partial charge in [-0.1, -0.05) is 29.3 Å². The molecule has 1 aliphatic heterocycles. The predicted molar refractivity (Wildman–Crippen MR) is 104 cm³/mol. The Morgan fingerprint density at radius 2 is 1.38 bits per heavy atom. The monoisotopic (exact) mass is 384 g/mol. The highest BCUT2D eigenvalue weighted by molar-refractivity contribution is 6.21. The van der Waals surface area contributed by atoms with Crippen molar-refractivity contribution in [2.75, 3.05) is 0 Å². The van der Waals surface area contributed by atoms with Crippen LogP contribution in [0.4, 0.5) is 0 Å². The quantitative estimate of drug-likeness (QED) is 0.423. The number of imide groups is 1. The zero-order chi connectivity index (χ0) is 20.1. The van der Waals surface area contributed by atoms with Crippen molar-refractivity contribution in [1.29, 1.82) is 0 Å². The van der Waals surface area contributed by atoms with E-state index in [9.17, 15) is 19.2 Å². The van der Waals surface area contributed by atoms with Crippen LogP contribution in [0.15, 0.2) is 71.5 Å². The lowest BCUT2D eigenvalue weighted by atomic mass is 10.1. The molecule has 0 bridgehead atoms. The fraction of sp³-hybridized carbons (Fsp3) is 0. The predicted octanol–water partition coefficient (Wildman–Crippen LogP) is 3.05. The molecule has 7 nitrogen and oxygen atoms in total. The van der Waals surface area contributed by atoms with E-state index in [1.807, 2.05) is 6.07 Å². The summed E-state index contributed by atoms with van der Waals surface area (Å²) < 4.78 is 0. The third-order valence-electron chi connectivity index (χ3n) is 4.87. The number of H-pyrrole nitrogens is 1. The molecular formula is C22H12N2O5. The van der Waals surface area contributed by atoms with Gasteiger partial charge in [0, 0.05) is 21.8 Å². The van der Waals surface area contributed by atoms with Crippen LogP contribution in [-0.2, 0) is 4.84 Å². The van der Waals surface area contributed by atoms with Crippen molar-refractivity contribution in [2.24, 2.45) is 0 Å². The Morgan fingerprint density at radius 3 is 2.10 bits per heavy atom. The van der Waals surface area contributed by atoms with Gasteiger partial charge < -0.3 is 9.82 Å². The van der Waals surface area contributed by atoms with Gasteiger partial charge in [-0.3, -0.25) is 14.4 Å². The maximum Gasteiger partial charge on any atom is 0.363 e. The Bertz CT molecular complexity index is 1380. The molecule has 0 saturated carbocycles. The number of hydrogen-bond acceptors (Lipinski definition) is 5. The summed E-state index contributed by atoms with van der Waals surface area (Å²) in [6.45, 7) is 0. The van der Waals surface area contributed by atoms with Crippen molar-refractivity contribution in [3.05, 3.63) is 93.6 Å². The molecule has 0 fully saturated rings. The average Bonchev–Trinajstić information content (AvgIpc) is 2.99. The van der Waals surface area contributed by atoms with E-state index >= 15 is 0 Å². The van der Waals surface area contributed by atoms with Crippen LogP contribution in [0, 0.1) is 0 Å². The number of amides is 2. The van der Waals surface area contributed by atoms with Crippen molar-refractivity contribution >= 4 is 39.6 Å². The number of fused-ring (bicyclic) bond motifs is 3. The summed E-state index contributed by atoms with van der Waals surface area (Å²) in [5.41, 5.74) is 1.41. The number of para-hydroxylation sites is 1. The number of hydroxylamine groups is 2. The summed E-state index contributed by atoms with van der Waals surface area (Å²) in [6, 6.07) is 17.7. The number of aromatic nitrogens is 1. The molecule has 7 heteroatoms. The zero-order valence-electron chi connectivity index (χ0n) is 14.8. The van der Waals surface area contributed by atoms with Crippen LogP contribution in [0.3, 0.4) is 0 Å². The molecule has 29 heavy (non-hydrogen) atoms. The van der Waals surface area contributed by atoms with Gasteiger partial charge in [0.05, 0.1) is 16.7 Å². The number of carbonyl (C=O) groups is 3. The van der Waals surface area contributed by atoms with Crippen molar-refractivity contribution in [1.82, 2.24) is 10.0 Å². The number of hydrogen-bond donors (Lipinski definition) is 1. The van der Waals surface area contributed by atoms with Gasteiger partial charge in [0.25, 0.3) is 11.8 Å².